The van der Waals surface area contributed by atoms with Gasteiger partial charge in [0.2, 0.25) is 0 Å². The summed E-state index contributed by atoms with van der Waals surface area (Å²) < 4.78 is 16.0. The molecule has 0 radical (unpaired) electrons. The molecule has 67 heavy (non-hydrogen) atoms. The number of anilines is 3. The molecule has 1 aliphatic rings. The van der Waals surface area contributed by atoms with Crippen molar-refractivity contribution in [3.8, 4) is 56.0 Å². The van der Waals surface area contributed by atoms with E-state index in [4.69, 9.17) is 9.15 Å². The maximum atomic E-state index is 6.94. The molecule has 0 spiro atoms. The van der Waals surface area contributed by atoms with Crippen LogP contribution in [0.2, 0.25) is 0 Å². The molecule has 0 atom stereocenters. The minimum Gasteiger partial charge on any atom is -0.456 e. The fraction of sp³-hybridized carbons (Fsp3) is 0.0476. The van der Waals surface area contributed by atoms with Crippen LogP contribution in [0.3, 0.4) is 0 Å². The van der Waals surface area contributed by atoms with Crippen LogP contribution in [-0.2, 0) is 5.41 Å². The summed E-state index contributed by atoms with van der Waals surface area (Å²) >= 11 is 1.87. The first-order chi connectivity index (χ1) is 33.0. The van der Waals surface area contributed by atoms with Gasteiger partial charge in [0.15, 0.2) is 0 Å². The molecule has 0 saturated carbocycles. The summed E-state index contributed by atoms with van der Waals surface area (Å²) in [5.74, 6) is 1.69. The summed E-state index contributed by atoms with van der Waals surface area (Å²) in [5.41, 5.74) is 16.6. The molecule has 0 N–H and O–H groups in total. The van der Waals surface area contributed by atoms with Crippen LogP contribution in [0.4, 0.5) is 17.1 Å². The normalized spacial score (nSPS) is 12.7. The quantitative estimate of drug-likeness (QED) is 0.152. The Hall–Kier alpha value is -8.18. The summed E-state index contributed by atoms with van der Waals surface area (Å²) in [6.07, 6.45) is 0. The molecule has 0 fully saturated rings. The summed E-state index contributed by atoms with van der Waals surface area (Å²) in [5, 5.41) is 4.86. The van der Waals surface area contributed by atoms with Gasteiger partial charge < -0.3 is 14.1 Å². The van der Waals surface area contributed by atoms with Crippen LogP contribution in [0.15, 0.2) is 229 Å². The van der Waals surface area contributed by atoms with E-state index in [2.05, 4.69) is 231 Å². The van der Waals surface area contributed by atoms with Gasteiger partial charge in [-0.05, 0) is 99.6 Å². The van der Waals surface area contributed by atoms with Gasteiger partial charge in [0.25, 0.3) is 0 Å². The van der Waals surface area contributed by atoms with Gasteiger partial charge in [-0.25, -0.2) is 0 Å². The maximum Gasteiger partial charge on any atom is 0.143 e. The predicted octanol–water partition coefficient (Wildman–Crippen LogP) is 18.5. The first-order valence-electron chi connectivity index (χ1n) is 22.9. The van der Waals surface area contributed by atoms with E-state index >= 15 is 0 Å². The van der Waals surface area contributed by atoms with Crippen molar-refractivity contribution in [3.63, 3.8) is 0 Å². The van der Waals surface area contributed by atoms with Crippen molar-refractivity contribution in [1.82, 2.24) is 0 Å². The number of nitrogens with zero attached hydrogens (tertiary/aromatic N) is 1. The van der Waals surface area contributed by atoms with Crippen LogP contribution in [0.5, 0.6) is 11.5 Å². The summed E-state index contributed by atoms with van der Waals surface area (Å²) in [4.78, 5) is 2.34. The monoisotopic (exact) mass is 877 g/mol. The molecule has 0 aliphatic heterocycles. The van der Waals surface area contributed by atoms with Crippen LogP contribution in [0.25, 0.3) is 86.6 Å². The van der Waals surface area contributed by atoms with Gasteiger partial charge in [-0.15, -0.1) is 11.3 Å². The highest BCUT2D eigenvalue weighted by Crippen LogP contribution is 2.53. The summed E-state index contributed by atoms with van der Waals surface area (Å²) in [6.45, 7) is 4.61. The number of furan rings is 1. The average Bonchev–Trinajstić information content (AvgIpc) is 4.03. The van der Waals surface area contributed by atoms with Gasteiger partial charge >= 0.3 is 0 Å². The van der Waals surface area contributed by atoms with Gasteiger partial charge in [0, 0.05) is 70.1 Å². The van der Waals surface area contributed by atoms with Crippen LogP contribution >= 0.6 is 11.3 Å². The highest BCUT2D eigenvalue weighted by atomic mass is 32.1. The number of hydrogen-bond donors (Lipinski definition) is 0. The molecule has 0 unspecified atom stereocenters. The molecular weight excluding hydrogens is 835 g/mol. The Morgan fingerprint density at radius 2 is 0.910 bits per heavy atom. The zero-order valence-corrected chi connectivity index (χ0v) is 37.9. The lowest BCUT2D eigenvalue weighted by atomic mass is 9.82. The second kappa shape index (κ2) is 15.5. The largest absolute Gasteiger partial charge is 0.456 e. The van der Waals surface area contributed by atoms with Crippen molar-refractivity contribution in [1.29, 1.82) is 0 Å². The Bertz CT molecular complexity index is 3700. The zero-order valence-electron chi connectivity index (χ0n) is 37.0. The average molecular weight is 878 g/mol. The Balaban J connectivity index is 0.880. The van der Waals surface area contributed by atoms with Gasteiger partial charge in [-0.2, -0.15) is 0 Å². The lowest BCUT2D eigenvalue weighted by Gasteiger charge is -2.26. The van der Waals surface area contributed by atoms with Gasteiger partial charge in [-0.1, -0.05) is 178 Å². The molecule has 1 aliphatic carbocycles. The summed E-state index contributed by atoms with van der Waals surface area (Å²) in [7, 11) is 0. The number of hydrogen-bond acceptors (Lipinski definition) is 4. The molecule has 12 aromatic rings. The van der Waals surface area contributed by atoms with Crippen LogP contribution < -0.4 is 9.64 Å². The first kappa shape index (κ1) is 39.2. The molecule has 13 rings (SSSR count). The van der Waals surface area contributed by atoms with Crippen LogP contribution in [-0.4, -0.2) is 0 Å². The molecule has 4 heteroatoms. The predicted molar refractivity (Wildman–Crippen MR) is 282 cm³/mol. The molecule has 0 amide bonds. The van der Waals surface area contributed by atoms with E-state index in [1.54, 1.807) is 0 Å². The first-order valence-corrected chi connectivity index (χ1v) is 23.7. The van der Waals surface area contributed by atoms with Crippen molar-refractivity contribution >= 4 is 70.5 Å². The Morgan fingerprint density at radius 1 is 0.403 bits per heavy atom. The molecule has 3 nitrogen and oxygen atoms in total. The van der Waals surface area contributed by atoms with Crippen molar-refractivity contribution in [2.24, 2.45) is 0 Å². The third kappa shape index (κ3) is 6.40. The van der Waals surface area contributed by atoms with Crippen molar-refractivity contribution < 1.29 is 9.15 Å². The maximum absolute atomic E-state index is 6.94. The zero-order chi connectivity index (χ0) is 44.6. The van der Waals surface area contributed by atoms with E-state index in [1.165, 1.54) is 53.6 Å². The number of fused-ring (bicyclic) bond motifs is 9. The molecule has 2 heterocycles. The standard InChI is InChI=1S/C63H43NO2S/c1-63(2)54-22-7-3-17-53(54)60-55(63)23-13-26-58(60)65-56-24-8-4-14-46(56)40-28-34-43(35-29-40)64(44-36-30-41(31-37-44)47-18-11-20-51-49-15-5-9-25-57(49)66-61(47)51)45-38-32-42(33-39-45)48-19-12-21-52-50-16-6-10-27-59(50)67-62(48)52/h3-39H,1-2H3. The second-order valence-electron chi connectivity index (χ2n) is 18.0. The van der Waals surface area contributed by atoms with Crippen LogP contribution in [0, 0.1) is 0 Å². The number of rotatable bonds is 8. The van der Waals surface area contributed by atoms with Gasteiger partial charge in [0.1, 0.15) is 22.7 Å². The van der Waals surface area contributed by atoms with E-state index in [0.717, 1.165) is 72.8 Å². The lowest BCUT2D eigenvalue weighted by Crippen LogP contribution is -2.14. The van der Waals surface area contributed by atoms with Crippen molar-refractivity contribution in [2.75, 3.05) is 4.90 Å². The molecule has 318 valence electrons. The van der Waals surface area contributed by atoms with E-state index in [9.17, 15) is 0 Å². The number of ether oxygens (including phenoxy) is 1. The van der Waals surface area contributed by atoms with Crippen molar-refractivity contribution in [2.45, 2.75) is 19.3 Å². The molecular formula is C63H43NO2S. The molecule has 0 saturated heterocycles. The van der Waals surface area contributed by atoms with Crippen LogP contribution in [0.1, 0.15) is 25.0 Å². The number of benzene rings is 10. The third-order valence-electron chi connectivity index (χ3n) is 13.8. The fourth-order valence-electron chi connectivity index (χ4n) is 10.5. The Morgan fingerprint density at radius 3 is 1.66 bits per heavy atom. The topological polar surface area (TPSA) is 25.6 Å². The number of para-hydroxylation sites is 3. The van der Waals surface area contributed by atoms with E-state index in [0.29, 0.717) is 0 Å². The smallest absolute Gasteiger partial charge is 0.143 e. The molecule has 2 aromatic heterocycles. The third-order valence-corrected chi connectivity index (χ3v) is 15.0. The Labute approximate surface area is 393 Å². The van der Waals surface area contributed by atoms with Gasteiger partial charge in [0.05, 0.1) is 0 Å². The van der Waals surface area contributed by atoms with E-state index in [-0.39, 0.29) is 5.41 Å². The highest BCUT2D eigenvalue weighted by Gasteiger charge is 2.37. The van der Waals surface area contributed by atoms with Gasteiger partial charge in [-0.3, -0.25) is 0 Å². The van der Waals surface area contributed by atoms with E-state index in [1.807, 2.05) is 23.5 Å². The van der Waals surface area contributed by atoms with E-state index < -0.39 is 0 Å². The van der Waals surface area contributed by atoms with Crippen molar-refractivity contribution in [3.05, 3.63) is 236 Å². The number of thiophene rings is 1. The second-order valence-corrected chi connectivity index (χ2v) is 19.0. The molecule has 0 bridgehead atoms. The lowest BCUT2D eigenvalue weighted by molar-refractivity contribution is 0.485. The highest BCUT2D eigenvalue weighted by molar-refractivity contribution is 7.26. The fourth-order valence-corrected chi connectivity index (χ4v) is 11.7. The Kier molecular flexibility index (Phi) is 9.06. The molecule has 10 aromatic carbocycles. The minimum absolute atomic E-state index is 0.108. The summed E-state index contributed by atoms with van der Waals surface area (Å²) in [6, 6.07) is 80.4. The SMILES string of the molecule is CC1(C)c2ccccc2-c2c(Oc3ccccc3-c3ccc(N(c4ccc(-c5cccc6c5oc5ccccc56)cc4)c4ccc(-c5cccc6c5sc5ccccc56)cc4)cc3)cccc21. The minimum atomic E-state index is -0.108.